The molecule has 1 rings (SSSR count). The van der Waals surface area contributed by atoms with Crippen LogP contribution in [0.5, 0.6) is 0 Å². The minimum atomic E-state index is -2.61. The summed E-state index contributed by atoms with van der Waals surface area (Å²) < 4.78 is 30.5. The average Bonchev–Trinajstić information content (AvgIpc) is 2.52. The van der Waals surface area contributed by atoms with Gasteiger partial charge >= 0.3 is 0 Å². The standard InChI is InChI=1S/C10H18F2N2O2/c1-8(2)14(6-16-7-15)4-9-3-10(11,12)5-13-9/h7-9,13H,3-6H2,1-2H3. The Balaban J connectivity index is 2.40. The van der Waals surface area contributed by atoms with E-state index in [1.165, 1.54) is 0 Å². The topological polar surface area (TPSA) is 41.6 Å². The molecule has 0 radical (unpaired) electrons. The number of carbonyl (C=O) groups excluding carboxylic acids is 1. The Morgan fingerprint density at radius 2 is 2.31 bits per heavy atom. The summed E-state index contributed by atoms with van der Waals surface area (Å²) in [5, 5.41) is 2.77. The van der Waals surface area contributed by atoms with Crippen molar-refractivity contribution in [1.29, 1.82) is 0 Å². The molecule has 1 aliphatic heterocycles. The van der Waals surface area contributed by atoms with Crippen molar-refractivity contribution in [1.82, 2.24) is 10.2 Å². The van der Waals surface area contributed by atoms with E-state index in [0.29, 0.717) is 13.0 Å². The van der Waals surface area contributed by atoms with Crippen molar-refractivity contribution < 1.29 is 18.3 Å². The Hall–Kier alpha value is -0.750. The van der Waals surface area contributed by atoms with Gasteiger partial charge in [-0.25, -0.2) is 8.78 Å². The normalized spacial score (nSPS) is 24.0. The van der Waals surface area contributed by atoms with E-state index in [1.54, 1.807) is 0 Å². The molecule has 0 aromatic carbocycles. The highest BCUT2D eigenvalue weighted by Gasteiger charge is 2.39. The van der Waals surface area contributed by atoms with Gasteiger partial charge in [-0.1, -0.05) is 0 Å². The van der Waals surface area contributed by atoms with Crippen molar-refractivity contribution in [2.75, 3.05) is 19.8 Å². The maximum atomic E-state index is 12.9. The molecule has 4 nitrogen and oxygen atoms in total. The predicted octanol–water partition coefficient (Wildman–Crippen LogP) is 0.824. The summed E-state index contributed by atoms with van der Waals surface area (Å²) in [6, 6.07) is -0.0939. The van der Waals surface area contributed by atoms with Crippen LogP contribution >= 0.6 is 0 Å². The SMILES string of the molecule is CC(C)N(COC=O)CC1CC(F)(F)CN1. The maximum absolute atomic E-state index is 12.9. The largest absolute Gasteiger partial charge is 0.452 e. The van der Waals surface area contributed by atoms with Gasteiger partial charge in [0, 0.05) is 25.0 Å². The molecule has 6 heteroatoms. The lowest BCUT2D eigenvalue weighted by Gasteiger charge is -2.27. The van der Waals surface area contributed by atoms with Gasteiger partial charge in [0.25, 0.3) is 12.4 Å². The molecule has 16 heavy (non-hydrogen) atoms. The molecule has 1 atom stereocenters. The van der Waals surface area contributed by atoms with Gasteiger partial charge in [0.2, 0.25) is 0 Å². The molecule has 1 heterocycles. The molecule has 0 bridgehead atoms. The monoisotopic (exact) mass is 236 g/mol. The minimum Gasteiger partial charge on any atom is -0.452 e. The lowest BCUT2D eigenvalue weighted by atomic mass is 10.1. The molecule has 0 aromatic rings. The highest BCUT2D eigenvalue weighted by molar-refractivity contribution is 5.36. The zero-order valence-corrected chi connectivity index (χ0v) is 9.58. The third-order valence-corrected chi connectivity index (χ3v) is 2.69. The van der Waals surface area contributed by atoms with E-state index in [0.717, 1.165) is 0 Å². The van der Waals surface area contributed by atoms with Crippen molar-refractivity contribution in [2.24, 2.45) is 0 Å². The van der Waals surface area contributed by atoms with E-state index < -0.39 is 5.92 Å². The van der Waals surface area contributed by atoms with Crippen LogP contribution < -0.4 is 5.32 Å². The first-order valence-corrected chi connectivity index (χ1v) is 5.35. The second kappa shape index (κ2) is 5.54. The third kappa shape index (κ3) is 4.02. The molecule has 94 valence electrons. The van der Waals surface area contributed by atoms with Crippen LogP contribution in [0.2, 0.25) is 0 Å². The summed E-state index contributed by atoms with van der Waals surface area (Å²) in [6.45, 7) is 4.57. The average molecular weight is 236 g/mol. The van der Waals surface area contributed by atoms with Gasteiger partial charge < -0.3 is 10.1 Å². The Labute approximate surface area is 93.9 Å². The van der Waals surface area contributed by atoms with Gasteiger partial charge in [0.15, 0.2) is 0 Å². The summed E-state index contributed by atoms with van der Waals surface area (Å²) in [6.07, 6.45) is -0.155. The quantitative estimate of drug-likeness (QED) is 0.548. The van der Waals surface area contributed by atoms with Gasteiger partial charge in [0.1, 0.15) is 6.73 Å². The van der Waals surface area contributed by atoms with Crippen molar-refractivity contribution >= 4 is 6.47 Å². The van der Waals surface area contributed by atoms with E-state index >= 15 is 0 Å². The van der Waals surface area contributed by atoms with Crippen LogP contribution in [0.25, 0.3) is 0 Å². The first-order valence-electron chi connectivity index (χ1n) is 5.35. The molecule has 0 spiro atoms. The second-order valence-corrected chi connectivity index (χ2v) is 4.39. The van der Waals surface area contributed by atoms with Crippen LogP contribution in [0.4, 0.5) is 8.78 Å². The first kappa shape index (κ1) is 13.3. The van der Waals surface area contributed by atoms with E-state index in [9.17, 15) is 13.6 Å². The third-order valence-electron chi connectivity index (χ3n) is 2.69. The summed E-state index contributed by atoms with van der Waals surface area (Å²) in [5.41, 5.74) is 0. The molecule has 1 aliphatic rings. The van der Waals surface area contributed by atoms with E-state index in [-0.39, 0.29) is 31.8 Å². The summed E-state index contributed by atoms with van der Waals surface area (Å²) in [4.78, 5) is 11.9. The molecule has 1 saturated heterocycles. The summed E-state index contributed by atoms with van der Waals surface area (Å²) in [5.74, 6) is -2.61. The van der Waals surface area contributed by atoms with Gasteiger partial charge in [-0.15, -0.1) is 0 Å². The predicted molar refractivity (Wildman–Crippen MR) is 55.2 cm³/mol. The van der Waals surface area contributed by atoms with Gasteiger partial charge in [-0.2, -0.15) is 0 Å². The van der Waals surface area contributed by atoms with E-state index in [2.05, 4.69) is 10.1 Å². The van der Waals surface area contributed by atoms with Crippen LogP contribution in [0.1, 0.15) is 20.3 Å². The number of alkyl halides is 2. The maximum Gasteiger partial charge on any atom is 0.294 e. The van der Waals surface area contributed by atoms with Crippen LogP contribution in [-0.4, -0.2) is 49.2 Å². The zero-order chi connectivity index (χ0) is 12.2. The Morgan fingerprint density at radius 1 is 1.62 bits per heavy atom. The van der Waals surface area contributed by atoms with Crippen molar-refractivity contribution in [3.63, 3.8) is 0 Å². The number of carbonyl (C=O) groups is 1. The molecular weight excluding hydrogens is 218 g/mol. The molecular formula is C10H18F2N2O2. The molecule has 0 aliphatic carbocycles. The fourth-order valence-corrected chi connectivity index (χ4v) is 1.75. The fraction of sp³-hybridized carbons (Fsp3) is 0.900. The van der Waals surface area contributed by atoms with Crippen molar-refractivity contribution in [2.45, 2.75) is 38.3 Å². The van der Waals surface area contributed by atoms with Gasteiger partial charge in [-0.3, -0.25) is 9.69 Å². The van der Waals surface area contributed by atoms with E-state index in [1.807, 2.05) is 18.7 Å². The molecule has 1 N–H and O–H groups in total. The van der Waals surface area contributed by atoms with Crippen LogP contribution in [0.15, 0.2) is 0 Å². The van der Waals surface area contributed by atoms with Crippen molar-refractivity contribution in [3.8, 4) is 0 Å². The minimum absolute atomic E-state index is 0.144. The number of nitrogens with one attached hydrogen (secondary N) is 1. The molecule has 0 aromatic heterocycles. The molecule has 1 fully saturated rings. The zero-order valence-electron chi connectivity index (χ0n) is 9.58. The Kier molecular flexibility index (Phi) is 4.61. The van der Waals surface area contributed by atoms with Crippen LogP contribution in [-0.2, 0) is 9.53 Å². The number of rotatable bonds is 6. The number of halogens is 2. The second-order valence-electron chi connectivity index (χ2n) is 4.39. The van der Waals surface area contributed by atoms with E-state index in [4.69, 9.17) is 0 Å². The number of ether oxygens (including phenoxy) is 1. The van der Waals surface area contributed by atoms with Gasteiger partial charge in [0.05, 0.1) is 6.54 Å². The summed E-state index contributed by atoms with van der Waals surface area (Å²) >= 11 is 0. The van der Waals surface area contributed by atoms with Crippen LogP contribution in [0.3, 0.4) is 0 Å². The molecule has 1 unspecified atom stereocenters. The van der Waals surface area contributed by atoms with Gasteiger partial charge in [-0.05, 0) is 13.8 Å². The number of hydrogen-bond donors (Lipinski definition) is 1. The first-order chi connectivity index (χ1) is 7.44. The Bertz CT molecular complexity index is 237. The molecule has 0 amide bonds. The Morgan fingerprint density at radius 3 is 2.75 bits per heavy atom. The van der Waals surface area contributed by atoms with Crippen molar-refractivity contribution in [3.05, 3.63) is 0 Å². The molecule has 0 saturated carbocycles. The summed E-state index contributed by atoms with van der Waals surface area (Å²) in [7, 11) is 0. The fourth-order valence-electron chi connectivity index (χ4n) is 1.75. The highest BCUT2D eigenvalue weighted by Crippen LogP contribution is 2.25. The number of nitrogens with zero attached hydrogens (tertiary/aromatic N) is 1. The smallest absolute Gasteiger partial charge is 0.294 e. The highest BCUT2D eigenvalue weighted by atomic mass is 19.3. The lowest BCUT2D eigenvalue weighted by molar-refractivity contribution is -0.134. The van der Waals surface area contributed by atoms with Crippen LogP contribution in [0, 0.1) is 0 Å². The number of hydrogen-bond acceptors (Lipinski definition) is 4. The lowest BCUT2D eigenvalue weighted by Crippen LogP contribution is -2.42.